The van der Waals surface area contributed by atoms with Crippen LogP contribution in [0.4, 0.5) is 0 Å². The van der Waals surface area contributed by atoms with E-state index in [1.54, 1.807) is 6.07 Å². The number of carboxylic acid groups (broad SMARTS) is 1. The Hall–Kier alpha value is -4.99. The van der Waals surface area contributed by atoms with Crippen molar-refractivity contribution < 1.29 is 38.6 Å². The molecule has 36 heavy (non-hydrogen) atoms. The Balaban J connectivity index is 1.65. The minimum Gasteiger partial charge on any atom is -0.508 e. The topological polar surface area (TPSA) is 151 Å². The molecule has 10 nitrogen and oxygen atoms in total. The van der Waals surface area contributed by atoms with Crippen molar-refractivity contribution in [1.82, 2.24) is 5.06 Å². The fraction of sp³-hybridized carbons (Fsp3) is 0.115. The number of rotatable bonds is 5. The number of nitrogens with zero attached hydrogens (tertiary/aromatic N) is 1. The van der Waals surface area contributed by atoms with E-state index in [1.807, 2.05) is 0 Å². The van der Waals surface area contributed by atoms with E-state index in [2.05, 4.69) is 0 Å². The first kappa shape index (κ1) is 22.8. The SMILES string of the molecule is O=C(Cc1ccc(C(=O)O)c(-c2c3ccc(=O)cc-3oc3cc(O)ccc23)c1)ON1C(=O)CCC1=O. The van der Waals surface area contributed by atoms with E-state index in [1.165, 1.54) is 48.5 Å². The first-order valence-electron chi connectivity index (χ1n) is 10.8. The van der Waals surface area contributed by atoms with Crippen LogP contribution in [0.15, 0.2) is 63.8 Å². The van der Waals surface area contributed by atoms with Crippen molar-refractivity contribution in [3.05, 3.63) is 75.9 Å². The maximum Gasteiger partial charge on any atom is 0.337 e. The van der Waals surface area contributed by atoms with E-state index >= 15 is 0 Å². The fourth-order valence-corrected chi connectivity index (χ4v) is 4.20. The number of hydroxylamine groups is 2. The van der Waals surface area contributed by atoms with Gasteiger partial charge in [-0.05, 0) is 47.5 Å². The second-order valence-electron chi connectivity index (χ2n) is 8.22. The minimum atomic E-state index is -1.23. The molecule has 2 amide bonds. The van der Waals surface area contributed by atoms with E-state index in [4.69, 9.17) is 9.25 Å². The minimum absolute atomic E-state index is 0.0383. The highest BCUT2D eigenvalue weighted by atomic mass is 16.7. The summed E-state index contributed by atoms with van der Waals surface area (Å²) in [5, 5.41) is 20.7. The molecule has 0 unspecified atom stereocenters. The number of hydrogen-bond donors (Lipinski definition) is 2. The third kappa shape index (κ3) is 4.05. The van der Waals surface area contributed by atoms with Crippen LogP contribution in [0.5, 0.6) is 5.75 Å². The van der Waals surface area contributed by atoms with Crippen LogP contribution >= 0.6 is 0 Å². The Morgan fingerprint density at radius 2 is 1.67 bits per heavy atom. The first-order chi connectivity index (χ1) is 17.2. The predicted molar refractivity (Wildman–Crippen MR) is 124 cm³/mol. The zero-order valence-electron chi connectivity index (χ0n) is 18.5. The Bertz CT molecular complexity index is 1600. The summed E-state index contributed by atoms with van der Waals surface area (Å²) in [5.74, 6) is -3.22. The number of aromatic hydroxyl groups is 1. The quantitative estimate of drug-likeness (QED) is 0.319. The molecule has 1 saturated heterocycles. The van der Waals surface area contributed by atoms with Crippen LogP contribution in [0, 0.1) is 0 Å². The standard InChI is InChI=1S/C26H17NO9/c28-14-2-5-17-20(11-14)35-21-12-15(29)3-6-18(21)25(17)19-9-13(1-4-16(19)26(33)34)10-24(32)36-27-22(30)7-8-23(27)31/h1-6,9,11-12,28H,7-8,10H2,(H,33,34). The number of phenolic OH excluding ortho intramolecular Hbond substituents is 1. The second kappa shape index (κ2) is 8.66. The lowest BCUT2D eigenvalue weighted by atomic mass is 9.89. The summed E-state index contributed by atoms with van der Waals surface area (Å²) in [6, 6.07) is 12.7. The van der Waals surface area contributed by atoms with Crippen molar-refractivity contribution >= 4 is 34.7 Å². The molecule has 0 radical (unpaired) electrons. The average molecular weight is 487 g/mol. The van der Waals surface area contributed by atoms with E-state index in [-0.39, 0.29) is 52.9 Å². The Kier molecular flexibility index (Phi) is 5.48. The smallest absolute Gasteiger partial charge is 0.337 e. The Morgan fingerprint density at radius 3 is 2.39 bits per heavy atom. The highest BCUT2D eigenvalue weighted by Gasteiger charge is 2.33. The summed E-state index contributed by atoms with van der Waals surface area (Å²) in [5.41, 5.74) is 1.28. The van der Waals surface area contributed by atoms with Crippen LogP contribution in [-0.2, 0) is 25.6 Å². The van der Waals surface area contributed by atoms with Gasteiger partial charge < -0.3 is 19.5 Å². The van der Waals surface area contributed by atoms with Crippen molar-refractivity contribution in [2.75, 3.05) is 0 Å². The van der Waals surface area contributed by atoms with Crippen LogP contribution in [0.1, 0.15) is 28.8 Å². The Morgan fingerprint density at radius 1 is 0.917 bits per heavy atom. The highest BCUT2D eigenvalue weighted by molar-refractivity contribution is 6.08. The second-order valence-corrected chi connectivity index (χ2v) is 8.22. The molecular weight excluding hydrogens is 470 g/mol. The lowest BCUT2D eigenvalue weighted by Gasteiger charge is -2.18. The molecule has 0 bridgehead atoms. The lowest BCUT2D eigenvalue weighted by molar-refractivity contribution is -0.197. The number of hydrogen-bond acceptors (Lipinski definition) is 8. The van der Waals surface area contributed by atoms with Gasteiger partial charge in [0.1, 0.15) is 17.1 Å². The van der Waals surface area contributed by atoms with E-state index in [0.717, 1.165) is 0 Å². The number of benzene rings is 3. The van der Waals surface area contributed by atoms with Crippen LogP contribution < -0.4 is 5.43 Å². The zero-order chi connectivity index (χ0) is 25.6. The van der Waals surface area contributed by atoms with Gasteiger partial charge in [0.25, 0.3) is 11.8 Å². The maximum absolute atomic E-state index is 12.5. The molecule has 2 aromatic carbocycles. The Labute approximate surface area is 202 Å². The molecule has 180 valence electrons. The number of aromatic carboxylic acids is 1. The first-order valence-corrected chi connectivity index (χ1v) is 10.8. The van der Waals surface area contributed by atoms with Crippen molar-refractivity contribution in [3.8, 4) is 28.2 Å². The number of imide groups is 1. The molecule has 0 aromatic heterocycles. The van der Waals surface area contributed by atoms with Crippen molar-refractivity contribution in [3.63, 3.8) is 0 Å². The van der Waals surface area contributed by atoms with Crippen molar-refractivity contribution in [2.45, 2.75) is 19.3 Å². The van der Waals surface area contributed by atoms with Gasteiger partial charge in [0, 0.05) is 41.5 Å². The molecule has 10 heteroatoms. The number of carboxylic acids is 1. The molecule has 1 fully saturated rings. The number of carbonyl (C=O) groups excluding carboxylic acids is 3. The molecule has 0 saturated carbocycles. The van der Waals surface area contributed by atoms with Crippen LogP contribution in [-0.4, -0.2) is 39.0 Å². The van der Waals surface area contributed by atoms with Crippen molar-refractivity contribution in [2.24, 2.45) is 0 Å². The van der Waals surface area contributed by atoms with Gasteiger partial charge in [-0.1, -0.05) is 6.07 Å². The van der Waals surface area contributed by atoms with E-state index < -0.39 is 23.8 Å². The zero-order valence-corrected chi connectivity index (χ0v) is 18.5. The molecule has 0 atom stereocenters. The molecule has 5 rings (SSSR count). The normalized spacial score (nSPS) is 13.5. The van der Waals surface area contributed by atoms with Gasteiger partial charge in [-0.3, -0.25) is 14.4 Å². The molecule has 2 aliphatic heterocycles. The van der Waals surface area contributed by atoms with Crippen LogP contribution in [0.25, 0.3) is 33.4 Å². The number of phenols is 1. The third-order valence-corrected chi connectivity index (χ3v) is 5.81. The lowest BCUT2D eigenvalue weighted by Crippen LogP contribution is -2.32. The summed E-state index contributed by atoms with van der Waals surface area (Å²) in [7, 11) is 0. The molecular formula is C26H17NO9. The van der Waals surface area contributed by atoms with Gasteiger partial charge in [-0.25, -0.2) is 9.59 Å². The molecule has 2 N–H and O–H groups in total. The monoisotopic (exact) mass is 487 g/mol. The van der Waals surface area contributed by atoms with Gasteiger partial charge in [0.05, 0.1) is 12.0 Å². The van der Waals surface area contributed by atoms with Gasteiger partial charge in [0.2, 0.25) is 0 Å². The maximum atomic E-state index is 12.5. The highest BCUT2D eigenvalue weighted by Crippen LogP contribution is 2.42. The largest absolute Gasteiger partial charge is 0.508 e. The predicted octanol–water partition coefficient (Wildman–Crippen LogP) is 3.12. The van der Waals surface area contributed by atoms with E-state index in [0.29, 0.717) is 27.1 Å². The molecule has 3 aliphatic rings. The number of carbonyl (C=O) groups is 4. The molecule has 1 aliphatic carbocycles. The summed E-state index contributed by atoms with van der Waals surface area (Å²) in [4.78, 5) is 65.0. The van der Waals surface area contributed by atoms with Gasteiger partial charge in [0.15, 0.2) is 5.43 Å². The summed E-state index contributed by atoms with van der Waals surface area (Å²) in [6.45, 7) is 0. The van der Waals surface area contributed by atoms with E-state index in [9.17, 15) is 34.2 Å². The van der Waals surface area contributed by atoms with Gasteiger partial charge in [-0.2, -0.15) is 0 Å². The summed E-state index contributed by atoms with van der Waals surface area (Å²) in [6.07, 6.45) is -0.421. The number of fused-ring (bicyclic) bond motifs is 2. The molecule has 2 heterocycles. The number of amides is 2. The molecule has 2 aromatic rings. The van der Waals surface area contributed by atoms with Crippen LogP contribution in [0.3, 0.4) is 0 Å². The third-order valence-electron chi connectivity index (χ3n) is 5.81. The average Bonchev–Trinajstić information content (AvgIpc) is 3.14. The van der Waals surface area contributed by atoms with Gasteiger partial charge in [-0.15, -0.1) is 5.06 Å². The summed E-state index contributed by atoms with van der Waals surface area (Å²) >= 11 is 0. The van der Waals surface area contributed by atoms with Crippen molar-refractivity contribution in [1.29, 1.82) is 0 Å². The van der Waals surface area contributed by atoms with Gasteiger partial charge >= 0.3 is 11.9 Å². The fourth-order valence-electron chi connectivity index (χ4n) is 4.20. The summed E-state index contributed by atoms with van der Waals surface area (Å²) < 4.78 is 5.81. The molecule has 0 spiro atoms. The van der Waals surface area contributed by atoms with Crippen LogP contribution in [0.2, 0.25) is 0 Å².